The Morgan fingerprint density at radius 2 is 1.86 bits per heavy atom. The summed E-state index contributed by atoms with van der Waals surface area (Å²) in [6, 6.07) is 11.2. The van der Waals surface area contributed by atoms with E-state index in [0.29, 0.717) is 27.0 Å². The third-order valence-corrected chi connectivity index (χ3v) is 4.31. The summed E-state index contributed by atoms with van der Waals surface area (Å²) in [5, 5.41) is 3.47. The van der Waals surface area contributed by atoms with Crippen LogP contribution in [0.15, 0.2) is 42.5 Å². The predicted octanol–water partition coefficient (Wildman–Crippen LogP) is 3.98. The first-order valence-corrected chi connectivity index (χ1v) is 7.43. The molecule has 3 rings (SSSR count). The molecule has 0 fully saturated rings. The van der Waals surface area contributed by atoms with Crippen molar-refractivity contribution < 1.29 is 9.59 Å². The maximum Gasteiger partial charge on any atom is 0.259 e. The summed E-state index contributed by atoms with van der Waals surface area (Å²) < 4.78 is 0. The SMILES string of the molecule is C[C@H]1C(=O)Nc2ccccc2N1C(=O)c1ccc(Cl)c(Cl)c1. The fourth-order valence-corrected chi connectivity index (χ4v) is 2.70. The molecule has 0 unspecified atom stereocenters. The Hall–Kier alpha value is -2.04. The molecule has 1 atom stereocenters. The van der Waals surface area contributed by atoms with Gasteiger partial charge in [0.25, 0.3) is 5.91 Å². The number of hydrogen-bond donors (Lipinski definition) is 1. The number of fused-ring (bicyclic) bond motifs is 1. The van der Waals surface area contributed by atoms with Gasteiger partial charge in [-0.05, 0) is 37.3 Å². The lowest BCUT2D eigenvalue weighted by Crippen LogP contribution is -2.49. The van der Waals surface area contributed by atoms with Crippen molar-refractivity contribution in [3.8, 4) is 0 Å². The molecule has 6 heteroatoms. The molecule has 0 aliphatic carbocycles. The van der Waals surface area contributed by atoms with Crippen LogP contribution >= 0.6 is 23.2 Å². The van der Waals surface area contributed by atoms with Gasteiger partial charge in [0, 0.05) is 5.56 Å². The second-order valence-corrected chi connectivity index (χ2v) is 5.80. The lowest BCUT2D eigenvalue weighted by Gasteiger charge is -2.34. The van der Waals surface area contributed by atoms with Crippen LogP contribution in [0.1, 0.15) is 17.3 Å². The van der Waals surface area contributed by atoms with Crippen molar-refractivity contribution in [1.29, 1.82) is 0 Å². The molecule has 1 aliphatic rings. The van der Waals surface area contributed by atoms with Gasteiger partial charge in [0.2, 0.25) is 5.91 Å². The average molecular weight is 335 g/mol. The Kier molecular flexibility index (Phi) is 3.81. The van der Waals surface area contributed by atoms with Crippen molar-refractivity contribution in [3.05, 3.63) is 58.1 Å². The van der Waals surface area contributed by atoms with Gasteiger partial charge in [-0.2, -0.15) is 0 Å². The van der Waals surface area contributed by atoms with E-state index in [2.05, 4.69) is 5.32 Å². The number of benzene rings is 2. The standard InChI is InChI=1S/C16H12Cl2N2O2/c1-9-15(21)19-13-4-2-3-5-14(13)20(9)16(22)10-6-7-11(17)12(18)8-10/h2-9H,1H3,(H,19,21)/t9-/m0/s1. The van der Waals surface area contributed by atoms with E-state index >= 15 is 0 Å². The number of nitrogens with one attached hydrogen (secondary N) is 1. The molecule has 1 N–H and O–H groups in total. The van der Waals surface area contributed by atoms with Crippen molar-refractivity contribution in [2.75, 3.05) is 10.2 Å². The van der Waals surface area contributed by atoms with Crippen LogP contribution in [0.4, 0.5) is 11.4 Å². The molecule has 4 nitrogen and oxygen atoms in total. The molecule has 2 amide bonds. The lowest BCUT2D eigenvalue weighted by atomic mass is 10.1. The molecule has 0 bridgehead atoms. The first-order valence-electron chi connectivity index (χ1n) is 6.67. The molecule has 0 spiro atoms. The van der Waals surface area contributed by atoms with Crippen LogP contribution in [-0.4, -0.2) is 17.9 Å². The Balaban J connectivity index is 2.07. The van der Waals surface area contributed by atoms with Gasteiger partial charge in [-0.3, -0.25) is 14.5 Å². The molecular formula is C16H12Cl2N2O2. The summed E-state index contributed by atoms with van der Waals surface area (Å²) in [6.07, 6.45) is 0. The molecule has 0 radical (unpaired) electrons. The molecule has 0 saturated heterocycles. The molecule has 2 aromatic carbocycles. The number of hydrogen-bond acceptors (Lipinski definition) is 2. The summed E-state index contributed by atoms with van der Waals surface area (Å²) >= 11 is 11.9. The maximum atomic E-state index is 12.8. The first-order chi connectivity index (χ1) is 10.5. The summed E-state index contributed by atoms with van der Waals surface area (Å²) in [4.78, 5) is 26.4. The third kappa shape index (κ3) is 2.45. The monoisotopic (exact) mass is 334 g/mol. The van der Waals surface area contributed by atoms with Crippen molar-refractivity contribution in [2.45, 2.75) is 13.0 Å². The van der Waals surface area contributed by atoms with Crippen LogP contribution in [0.5, 0.6) is 0 Å². The maximum absolute atomic E-state index is 12.8. The Morgan fingerprint density at radius 3 is 2.59 bits per heavy atom. The molecule has 22 heavy (non-hydrogen) atoms. The molecule has 0 saturated carbocycles. The third-order valence-electron chi connectivity index (χ3n) is 3.57. The number of rotatable bonds is 1. The normalized spacial score (nSPS) is 17.0. The van der Waals surface area contributed by atoms with Gasteiger partial charge in [0.05, 0.1) is 21.4 Å². The van der Waals surface area contributed by atoms with Gasteiger partial charge in [-0.15, -0.1) is 0 Å². The average Bonchev–Trinajstić information content (AvgIpc) is 2.51. The van der Waals surface area contributed by atoms with Gasteiger partial charge >= 0.3 is 0 Å². The van der Waals surface area contributed by atoms with Gasteiger partial charge < -0.3 is 5.32 Å². The number of amides is 2. The largest absolute Gasteiger partial charge is 0.322 e. The highest BCUT2D eigenvalue weighted by atomic mass is 35.5. The van der Waals surface area contributed by atoms with Crippen LogP contribution in [-0.2, 0) is 4.79 Å². The Morgan fingerprint density at radius 1 is 1.14 bits per heavy atom. The van der Waals surface area contributed by atoms with E-state index < -0.39 is 6.04 Å². The van der Waals surface area contributed by atoms with Crippen LogP contribution in [0.25, 0.3) is 0 Å². The second kappa shape index (κ2) is 5.63. The van der Waals surface area contributed by atoms with Crippen LogP contribution in [0.2, 0.25) is 10.0 Å². The van der Waals surface area contributed by atoms with Gasteiger partial charge in [0.1, 0.15) is 6.04 Å². The van der Waals surface area contributed by atoms with Crippen molar-refractivity contribution in [1.82, 2.24) is 0 Å². The summed E-state index contributed by atoms with van der Waals surface area (Å²) in [7, 11) is 0. The van der Waals surface area contributed by atoms with Crippen LogP contribution < -0.4 is 10.2 Å². The van der Waals surface area contributed by atoms with E-state index in [9.17, 15) is 9.59 Å². The zero-order valence-electron chi connectivity index (χ0n) is 11.6. The van der Waals surface area contributed by atoms with Crippen LogP contribution in [0.3, 0.4) is 0 Å². The highest BCUT2D eigenvalue weighted by molar-refractivity contribution is 6.42. The minimum Gasteiger partial charge on any atom is -0.322 e. The van der Waals surface area contributed by atoms with E-state index in [0.717, 1.165) is 0 Å². The van der Waals surface area contributed by atoms with E-state index in [-0.39, 0.29) is 11.8 Å². The fraction of sp³-hybridized carbons (Fsp3) is 0.125. The number of nitrogens with zero attached hydrogens (tertiary/aromatic N) is 1. The second-order valence-electron chi connectivity index (χ2n) is 4.99. The number of halogens is 2. The summed E-state index contributed by atoms with van der Waals surface area (Å²) in [6.45, 7) is 1.68. The van der Waals surface area contributed by atoms with Gasteiger partial charge in [0.15, 0.2) is 0 Å². The van der Waals surface area contributed by atoms with E-state index in [1.165, 1.54) is 11.0 Å². The minimum atomic E-state index is -0.614. The Labute approximate surface area is 137 Å². The number of para-hydroxylation sites is 2. The van der Waals surface area contributed by atoms with Crippen molar-refractivity contribution >= 4 is 46.4 Å². The zero-order valence-corrected chi connectivity index (χ0v) is 13.2. The first kappa shape index (κ1) is 14.9. The molecule has 1 aliphatic heterocycles. The highest BCUT2D eigenvalue weighted by Gasteiger charge is 2.34. The van der Waals surface area contributed by atoms with E-state index in [1.807, 2.05) is 6.07 Å². The van der Waals surface area contributed by atoms with Crippen molar-refractivity contribution in [2.24, 2.45) is 0 Å². The molecule has 0 aromatic heterocycles. The molecule has 1 heterocycles. The molecule has 2 aromatic rings. The van der Waals surface area contributed by atoms with Gasteiger partial charge in [-0.1, -0.05) is 35.3 Å². The van der Waals surface area contributed by atoms with Crippen LogP contribution in [0, 0.1) is 0 Å². The Bertz CT molecular complexity index is 776. The highest BCUT2D eigenvalue weighted by Crippen LogP contribution is 2.33. The van der Waals surface area contributed by atoms with Gasteiger partial charge in [-0.25, -0.2) is 0 Å². The smallest absolute Gasteiger partial charge is 0.259 e. The number of anilines is 2. The number of carbonyl (C=O) groups is 2. The zero-order chi connectivity index (χ0) is 15.9. The molecule has 112 valence electrons. The van der Waals surface area contributed by atoms with Crippen molar-refractivity contribution in [3.63, 3.8) is 0 Å². The topological polar surface area (TPSA) is 49.4 Å². The minimum absolute atomic E-state index is 0.230. The fourth-order valence-electron chi connectivity index (χ4n) is 2.41. The quantitative estimate of drug-likeness (QED) is 0.857. The predicted molar refractivity (Wildman–Crippen MR) is 87.8 cm³/mol. The molecular weight excluding hydrogens is 323 g/mol. The summed E-state index contributed by atoms with van der Waals surface area (Å²) in [5.74, 6) is -0.527. The van der Waals surface area contributed by atoms with E-state index in [1.54, 1.807) is 37.3 Å². The van der Waals surface area contributed by atoms with E-state index in [4.69, 9.17) is 23.2 Å². The summed E-state index contributed by atoms with van der Waals surface area (Å²) in [5.41, 5.74) is 1.65. The lowest BCUT2D eigenvalue weighted by molar-refractivity contribution is -0.117. The number of carbonyl (C=O) groups excluding carboxylic acids is 2.